The fourth-order valence-electron chi connectivity index (χ4n) is 1.83. The van der Waals surface area contributed by atoms with Crippen LogP contribution in [0.15, 0.2) is 52.4 Å². The van der Waals surface area contributed by atoms with Crippen molar-refractivity contribution in [1.29, 1.82) is 0 Å². The molecular formula is C15H10Cl2N4O2S. The molecule has 0 fully saturated rings. The summed E-state index contributed by atoms with van der Waals surface area (Å²) in [6, 6.07) is 8.34. The third-order valence-corrected chi connectivity index (χ3v) is 4.06. The number of aromatic nitrogens is 3. The predicted molar refractivity (Wildman–Crippen MR) is 93.3 cm³/mol. The average molecular weight is 381 g/mol. The highest BCUT2D eigenvalue weighted by atomic mass is 35.5. The molecule has 24 heavy (non-hydrogen) atoms. The molecule has 0 unspecified atom stereocenters. The van der Waals surface area contributed by atoms with E-state index in [-0.39, 0.29) is 11.7 Å². The van der Waals surface area contributed by atoms with Gasteiger partial charge in [-0.05, 0) is 30.3 Å². The summed E-state index contributed by atoms with van der Waals surface area (Å²) in [6.45, 7) is 0. The van der Waals surface area contributed by atoms with Gasteiger partial charge in [0.1, 0.15) is 0 Å². The Kier molecular flexibility index (Phi) is 5.34. The maximum atomic E-state index is 12.0. The van der Waals surface area contributed by atoms with Gasteiger partial charge in [0.15, 0.2) is 0 Å². The first-order valence-electron chi connectivity index (χ1n) is 6.73. The lowest BCUT2D eigenvalue weighted by atomic mass is 10.3. The van der Waals surface area contributed by atoms with Crippen LogP contribution in [-0.4, -0.2) is 26.8 Å². The van der Waals surface area contributed by atoms with Crippen molar-refractivity contribution in [2.45, 2.75) is 5.22 Å². The molecule has 3 aromatic rings. The number of nitrogens with zero attached hydrogens (tertiary/aromatic N) is 3. The molecule has 0 atom stereocenters. The number of rotatable bonds is 5. The van der Waals surface area contributed by atoms with E-state index in [1.165, 1.54) is 0 Å². The molecule has 1 aromatic carbocycles. The molecule has 6 nitrogen and oxygen atoms in total. The van der Waals surface area contributed by atoms with Crippen LogP contribution in [0, 0.1) is 0 Å². The zero-order chi connectivity index (χ0) is 16.9. The molecule has 0 aliphatic carbocycles. The summed E-state index contributed by atoms with van der Waals surface area (Å²) in [7, 11) is 0. The topological polar surface area (TPSA) is 80.9 Å². The van der Waals surface area contributed by atoms with Gasteiger partial charge >= 0.3 is 0 Å². The van der Waals surface area contributed by atoms with E-state index < -0.39 is 0 Å². The minimum atomic E-state index is -0.234. The number of carbonyl (C=O) groups excluding carboxylic acids is 1. The van der Waals surface area contributed by atoms with Crippen LogP contribution < -0.4 is 5.32 Å². The van der Waals surface area contributed by atoms with Gasteiger partial charge in [0, 0.05) is 33.7 Å². The van der Waals surface area contributed by atoms with Gasteiger partial charge in [0.05, 0.1) is 5.75 Å². The molecule has 0 saturated carbocycles. The normalized spacial score (nSPS) is 10.6. The van der Waals surface area contributed by atoms with E-state index >= 15 is 0 Å². The highest BCUT2D eigenvalue weighted by Crippen LogP contribution is 2.24. The molecule has 1 amide bonds. The Morgan fingerprint density at radius 1 is 1.12 bits per heavy atom. The molecule has 9 heteroatoms. The number of halogens is 2. The maximum Gasteiger partial charge on any atom is 0.277 e. The van der Waals surface area contributed by atoms with Crippen LogP contribution in [0.25, 0.3) is 11.5 Å². The second-order valence-corrected chi connectivity index (χ2v) is 6.40. The van der Waals surface area contributed by atoms with Crippen LogP contribution in [0.2, 0.25) is 10.0 Å². The van der Waals surface area contributed by atoms with Crippen LogP contribution in [0.4, 0.5) is 5.69 Å². The minimum absolute atomic E-state index is 0.113. The van der Waals surface area contributed by atoms with Crippen molar-refractivity contribution in [2.75, 3.05) is 11.1 Å². The van der Waals surface area contributed by atoms with E-state index in [1.54, 1.807) is 42.7 Å². The van der Waals surface area contributed by atoms with Crippen molar-refractivity contribution in [3.8, 4) is 11.5 Å². The highest BCUT2D eigenvalue weighted by Gasteiger charge is 2.11. The minimum Gasteiger partial charge on any atom is -0.411 e. The summed E-state index contributed by atoms with van der Waals surface area (Å²) in [4.78, 5) is 15.9. The number of carbonyl (C=O) groups is 1. The van der Waals surface area contributed by atoms with Crippen molar-refractivity contribution < 1.29 is 9.21 Å². The lowest BCUT2D eigenvalue weighted by Gasteiger charge is -2.05. The molecule has 0 bridgehead atoms. The smallest absolute Gasteiger partial charge is 0.277 e. The number of amides is 1. The number of thioether (sulfide) groups is 1. The molecular weight excluding hydrogens is 371 g/mol. The summed E-state index contributed by atoms with van der Waals surface area (Å²) >= 11 is 12.9. The number of benzene rings is 1. The lowest BCUT2D eigenvalue weighted by molar-refractivity contribution is -0.113. The first kappa shape index (κ1) is 16.8. The van der Waals surface area contributed by atoms with Gasteiger partial charge in [0.2, 0.25) is 11.8 Å². The van der Waals surface area contributed by atoms with Crippen LogP contribution in [0.5, 0.6) is 0 Å². The van der Waals surface area contributed by atoms with E-state index in [9.17, 15) is 4.79 Å². The van der Waals surface area contributed by atoms with Gasteiger partial charge in [-0.3, -0.25) is 9.78 Å². The van der Waals surface area contributed by atoms with Crippen molar-refractivity contribution in [3.63, 3.8) is 0 Å². The zero-order valence-electron chi connectivity index (χ0n) is 12.1. The van der Waals surface area contributed by atoms with Gasteiger partial charge in [-0.2, -0.15) is 0 Å². The van der Waals surface area contributed by atoms with Crippen molar-refractivity contribution in [1.82, 2.24) is 15.2 Å². The molecule has 0 spiro atoms. The van der Waals surface area contributed by atoms with Crippen molar-refractivity contribution >= 4 is 46.6 Å². The van der Waals surface area contributed by atoms with Gasteiger partial charge in [-0.15, -0.1) is 10.2 Å². The number of hydrogen-bond acceptors (Lipinski definition) is 6. The number of nitrogens with one attached hydrogen (secondary N) is 1. The van der Waals surface area contributed by atoms with E-state index in [0.717, 1.165) is 17.3 Å². The molecule has 2 aromatic heterocycles. The van der Waals surface area contributed by atoms with Crippen LogP contribution in [-0.2, 0) is 4.79 Å². The van der Waals surface area contributed by atoms with Crippen molar-refractivity contribution in [3.05, 3.63) is 52.8 Å². The second kappa shape index (κ2) is 7.65. The van der Waals surface area contributed by atoms with E-state index in [0.29, 0.717) is 26.8 Å². The summed E-state index contributed by atoms with van der Waals surface area (Å²) in [5, 5.41) is 11.8. The Labute approximate surface area is 151 Å². The Balaban J connectivity index is 1.58. The summed E-state index contributed by atoms with van der Waals surface area (Å²) in [6.07, 6.45) is 3.27. The zero-order valence-corrected chi connectivity index (χ0v) is 14.4. The second-order valence-electron chi connectivity index (χ2n) is 4.60. The Morgan fingerprint density at radius 3 is 2.54 bits per heavy atom. The number of pyridine rings is 1. The molecule has 1 N–H and O–H groups in total. The summed E-state index contributed by atoms with van der Waals surface area (Å²) in [5.41, 5.74) is 1.29. The Morgan fingerprint density at radius 2 is 1.83 bits per heavy atom. The molecule has 3 rings (SSSR count). The first-order valence-corrected chi connectivity index (χ1v) is 8.47. The van der Waals surface area contributed by atoms with E-state index in [2.05, 4.69) is 20.5 Å². The predicted octanol–water partition coefficient (Wildman–Crippen LogP) is 4.17. The number of anilines is 1. The Hall–Kier alpha value is -2.09. The van der Waals surface area contributed by atoms with Crippen LogP contribution in [0.3, 0.4) is 0 Å². The quantitative estimate of drug-likeness (QED) is 0.668. The van der Waals surface area contributed by atoms with E-state index in [1.807, 2.05) is 0 Å². The maximum absolute atomic E-state index is 12.0. The number of hydrogen-bond donors (Lipinski definition) is 1. The van der Waals surface area contributed by atoms with Crippen LogP contribution >= 0.6 is 35.0 Å². The molecule has 2 heterocycles. The highest BCUT2D eigenvalue weighted by molar-refractivity contribution is 7.99. The lowest BCUT2D eigenvalue weighted by Crippen LogP contribution is -2.13. The standard InChI is InChI=1S/C15H10Cl2N4O2S/c16-10-5-11(17)7-12(6-10)19-13(22)8-24-15-21-20-14(23-15)9-1-3-18-4-2-9/h1-7H,8H2,(H,19,22). The Bertz CT molecular complexity index is 837. The largest absolute Gasteiger partial charge is 0.411 e. The average Bonchev–Trinajstić information content (AvgIpc) is 3.02. The fourth-order valence-corrected chi connectivity index (χ4v) is 2.92. The third kappa shape index (κ3) is 4.47. The molecule has 0 radical (unpaired) electrons. The molecule has 0 saturated heterocycles. The van der Waals surface area contributed by atoms with Gasteiger partial charge in [-0.25, -0.2) is 0 Å². The SMILES string of the molecule is O=C(CSc1nnc(-c2ccncc2)o1)Nc1cc(Cl)cc(Cl)c1. The summed E-state index contributed by atoms with van der Waals surface area (Å²) in [5.74, 6) is 0.256. The molecule has 0 aliphatic heterocycles. The van der Waals surface area contributed by atoms with Gasteiger partial charge in [-0.1, -0.05) is 35.0 Å². The third-order valence-electron chi connectivity index (χ3n) is 2.81. The van der Waals surface area contributed by atoms with Crippen LogP contribution in [0.1, 0.15) is 0 Å². The van der Waals surface area contributed by atoms with Gasteiger partial charge < -0.3 is 9.73 Å². The van der Waals surface area contributed by atoms with Crippen molar-refractivity contribution in [2.24, 2.45) is 0 Å². The fraction of sp³-hybridized carbons (Fsp3) is 0.0667. The molecule has 0 aliphatic rings. The summed E-state index contributed by atoms with van der Waals surface area (Å²) < 4.78 is 5.50. The molecule has 122 valence electrons. The van der Waals surface area contributed by atoms with E-state index in [4.69, 9.17) is 27.6 Å². The first-order chi connectivity index (χ1) is 11.6. The van der Waals surface area contributed by atoms with Gasteiger partial charge in [0.25, 0.3) is 5.22 Å². The monoisotopic (exact) mass is 380 g/mol.